The predicted octanol–water partition coefficient (Wildman–Crippen LogP) is 7.55. The van der Waals surface area contributed by atoms with Crippen molar-refractivity contribution in [3.8, 4) is 10.6 Å². The fourth-order valence-corrected chi connectivity index (χ4v) is 8.61. The van der Waals surface area contributed by atoms with E-state index in [4.69, 9.17) is 28.2 Å². The third-order valence-electron chi connectivity index (χ3n) is 8.44. The monoisotopic (exact) mass is 645 g/mol. The number of thiazole rings is 1. The standard InChI is InChI=1S/C30H33Cl2N5O3S2/c31-21-14-24(41-17-21)25-26(19-5-4-10-37(16-19)22-6-2-1-3-7-22)42-30(34-25)35-28(38)20-13-23(32)27(33-15-20)36-11-8-18(9-12-36)29(39)40/h5,13-15,17-18,22H,1-4,6-12,16H2,(H,39,40)(H,34,35,38). The van der Waals surface area contributed by atoms with E-state index in [1.54, 1.807) is 17.4 Å². The number of nitrogens with zero attached hydrogens (tertiary/aromatic N) is 4. The van der Waals surface area contributed by atoms with Crippen molar-refractivity contribution in [2.45, 2.75) is 57.4 Å². The first-order valence-electron chi connectivity index (χ1n) is 14.5. The third kappa shape index (κ3) is 6.53. The molecule has 5 heterocycles. The van der Waals surface area contributed by atoms with E-state index in [9.17, 15) is 14.7 Å². The van der Waals surface area contributed by atoms with Crippen molar-refractivity contribution in [2.75, 3.05) is 36.4 Å². The van der Waals surface area contributed by atoms with Crippen LogP contribution in [0, 0.1) is 5.92 Å². The van der Waals surface area contributed by atoms with Crippen molar-refractivity contribution < 1.29 is 14.7 Å². The lowest BCUT2D eigenvalue weighted by Crippen LogP contribution is -2.40. The molecular formula is C30H33Cl2N5O3S2. The van der Waals surface area contributed by atoms with Crippen molar-refractivity contribution in [2.24, 2.45) is 5.92 Å². The van der Waals surface area contributed by atoms with E-state index in [2.05, 4.69) is 21.3 Å². The van der Waals surface area contributed by atoms with Gasteiger partial charge in [0.15, 0.2) is 5.13 Å². The van der Waals surface area contributed by atoms with Gasteiger partial charge in [-0.25, -0.2) is 9.97 Å². The molecule has 222 valence electrons. The Morgan fingerprint density at radius 2 is 1.83 bits per heavy atom. The maximum absolute atomic E-state index is 13.3. The number of hydrogen-bond acceptors (Lipinski definition) is 8. The number of aromatic nitrogens is 2. The minimum Gasteiger partial charge on any atom is -0.481 e. The van der Waals surface area contributed by atoms with E-state index in [0.29, 0.717) is 58.5 Å². The number of hydrogen-bond donors (Lipinski definition) is 2. The molecule has 42 heavy (non-hydrogen) atoms. The first-order chi connectivity index (χ1) is 20.4. The Hall–Kier alpha value is -2.50. The number of rotatable bonds is 7. The number of pyridine rings is 1. The molecule has 1 saturated carbocycles. The Balaban J connectivity index is 1.20. The summed E-state index contributed by atoms with van der Waals surface area (Å²) in [5, 5.41) is 15.7. The molecule has 3 aromatic heterocycles. The SMILES string of the molecule is O=C(Nc1nc(-c2cc(Cl)cs2)c(C2=CCCN(C3CCCCC3)C2)s1)c1cnc(N2CCC(C(=O)O)CC2)c(Cl)c1. The molecule has 8 nitrogen and oxygen atoms in total. The fraction of sp³-hybridized carbons (Fsp3) is 0.467. The van der Waals surface area contributed by atoms with Crippen LogP contribution >= 0.6 is 45.9 Å². The summed E-state index contributed by atoms with van der Waals surface area (Å²) in [6.07, 6.45) is 12.4. The molecule has 1 saturated heterocycles. The fourth-order valence-electron chi connectivity index (χ4n) is 6.18. The number of halogens is 2. The second-order valence-corrected chi connectivity index (χ2v) is 13.9. The first kappa shape index (κ1) is 29.6. The Kier molecular flexibility index (Phi) is 9.16. The van der Waals surface area contributed by atoms with Gasteiger partial charge in [0.1, 0.15) is 11.5 Å². The van der Waals surface area contributed by atoms with E-state index >= 15 is 0 Å². The summed E-state index contributed by atoms with van der Waals surface area (Å²) < 4.78 is 0. The molecule has 0 atom stereocenters. The molecule has 0 bridgehead atoms. The van der Waals surface area contributed by atoms with Crippen LogP contribution in [0.3, 0.4) is 0 Å². The number of carbonyl (C=O) groups is 2. The summed E-state index contributed by atoms with van der Waals surface area (Å²) in [6, 6.07) is 4.18. The van der Waals surface area contributed by atoms with Crippen molar-refractivity contribution in [1.29, 1.82) is 0 Å². The van der Waals surface area contributed by atoms with Gasteiger partial charge in [-0.2, -0.15) is 0 Å². The summed E-state index contributed by atoms with van der Waals surface area (Å²) in [7, 11) is 0. The van der Waals surface area contributed by atoms with Crippen molar-refractivity contribution in [3.05, 3.63) is 50.3 Å². The first-order valence-corrected chi connectivity index (χ1v) is 16.9. The quantitative estimate of drug-likeness (QED) is 0.274. The Morgan fingerprint density at radius 3 is 2.52 bits per heavy atom. The van der Waals surface area contributed by atoms with Crippen LogP contribution in [-0.4, -0.2) is 64.1 Å². The van der Waals surface area contributed by atoms with Crippen LogP contribution in [0.25, 0.3) is 16.1 Å². The lowest BCUT2D eigenvalue weighted by atomic mass is 9.92. The normalized spacial score (nSPS) is 19.1. The average Bonchev–Trinajstić information content (AvgIpc) is 3.63. The molecule has 2 aliphatic heterocycles. The van der Waals surface area contributed by atoms with Crippen LogP contribution in [0.15, 0.2) is 29.8 Å². The van der Waals surface area contributed by atoms with Crippen LogP contribution in [0.4, 0.5) is 10.9 Å². The second-order valence-electron chi connectivity index (χ2n) is 11.2. The van der Waals surface area contributed by atoms with Gasteiger partial charge < -0.3 is 10.0 Å². The molecule has 1 aliphatic carbocycles. The van der Waals surface area contributed by atoms with Gasteiger partial charge in [-0.3, -0.25) is 19.8 Å². The highest BCUT2D eigenvalue weighted by atomic mass is 35.5. The van der Waals surface area contributed by atoms with Gasteiger partial charge in [-0.15, -0.1) is 11.3 Å². The lowest BCUT2D eigenvalue weighted by molar-refractivity contribution is -0.142. The zero-order valence-corrected chi connectivity index (χ0v) is 26.3. The number of thiophene rings is 1. The van der Waals surface area contributed by atoms with Crippen LogP contribution in [-0.2, 0) is 4.79 Å². The number of anilines is 2. The average molecular weight is 647 g/mol. The summed E-state index contributed by atoms with van der Waals surface area (Å²) in [4.78, 5) is 40.6. The Labute approximate surface area is 263 Å². The maximum Gasteiger partial charge on any atom is 0.306 e. The summed E-state index contributed by atoms with van der Waals surface area (Å²) in [5.41, 5.74) is 2.44. The predicted molar refractivity (Wildman–Crippen MR) is 171 cm³/mol. The lowest BCUT2D eigenvalue weighted by Gasteiger charge is -2.36. The molecule has 3 aromatic rings. The van der Waals surface area contributed by atoms with E-state index in [0.717, 1.165) is 35.0 Å². The molecule has 2 fully saturated rings. The molecule has 0 radical (unpaired) electrons. The Morgan fingerprint density at radius 1 is 1.05 bits per heavy atom. The van der Waals surface area contributed by atoms with E-state index in [1.165, 1.54) is 55.2 Å². The van der Waals surface area contributed by atoms with Gasteiger partial charge in [0.25, 0.3) is 5.91 Å². The van der Waals surface area contributed by atoms with Gasteiger partial charge in [-0.05, 0) is 49.8 Å². The van der Waals surface area contributed by atoms with Crippen LogP contribution in [0.2, 0.25) is 10.0 Å². The summed E-state index contributed by atoms with van der Waals surface area (Å²) in [6.45, 7) is 3.08. The zero-order valence-electron chi connectivity index (χ0n) is 23.2. The van der Waals surface area contributed by atoms with E-state index in [1.807, 2.05) is 16.3 Å². The highest BCUT2D eigenvalue weighted by molar-refractivity contribution is 7.18. The van der Waals surface area contributed by atoms with Crippen LogP contribution in [0.5, 0.6) is 0 Å². The number of piperidine rings is 1. The summed E-state index contributed by atoms with van der Waals surface area (Å²) in [5.74, 6) is -0.879. The van der Waals surface area contributed by atoms with Gasteiger partial charge in [-0.1, -0.05) is 59.9 Å². The number of amides is 1. The molecule has 0 unspecified atom stereocenters. The van der Waals surface area contributed by atoms with Crippen LogP contribution in [0.1, 0.15) is 66.6 Å². The molecule has 0 spiro atoms. The number of carboxylic acid groups (broad SMARTS) is 1. The topological polar surface area (TPSA) is 98.7 Å². The third-order valence-corrected chi connectivity index (χ3v) is 11.0. The molecule has 6 rings (SSSR count). The molecule has 3 aliphatic rings. The van der Waals surface area contributed by atoms with Gasteiger partial charge in [0, 0.05) is 43.8 Å². The minimum absolute atomic E-state index is 0.335. The van der Waals surface area contributed by atoms with Crippen molar-refractivity contribution in [1.82, 2.24) is 14.9 Å². The molecule has 12 heteroatoms. The molecular weight excluding hydrogens is 613 g/mol. The van der Waals surface area contributed by atoms with Crippen LogP contribution < -0.4 is 10.2 Å². The van der Waals surface area contributed by atoms with Gasteiger partial charge >= 0.3 is 5.97 Å². The second kappa shape index (κ2) is 13.0. The largest absolute Gasteiger partial charge is 0.481 e. The van der Waals surface area contributed by atoms with Gasteiger partial charge in [0.05, 0.1) is 31.3 Å². The zero-order chi connectivity index (χ0) is 29.2. The minimum atomic E-state index is -0.766. The number of carbonyl (C=O) groups excluding carboxylic acids is 1. The van der Waals surface area contributed by atoms with E-state index in [-0.39, 0.29) is 11.8 Å². The van der Waals surface area contributed by atoms with Gasteiger partial charge in [0.2, 0.25) is 0 Å². The molecule has 1 amide bonds. The van der Waals surface area contributed by atoms with Crippen molar-refractivity contribution >= 4 is 74.3 Å². The van der Waals surface area contributed by atoms with E-state index < -0.39 is 5.97 Å². The highest BCUT2D eigenvalue weighted by Crippen LogP contribution is 2.41. The highest BCUT2D eigenvalue weighted by Gasteiger charge is 2.28. The number of carboxylic acids is 1. The van der Waals surface area contributed by atoms with Crippen molar-refractivity contribution in [3.63, 3.8) is 0 Å². The smallest absolute Gasteiger partial charge is 0.306 e. The maximum atomic E-state index is 13.3. The Bertz CT molecular complexity index is 1490. The molecule has 0 aromatic carbocycles. The molecule has 2 N–H and O–H groups in total. The number of aliphatic carboxylic acids is 1. The number of nitrogens with one attached hydrogen (secondary N) is 1. The summed E-state index contributed by atoms with van der Waals surface area (Å²) >= 11 is 15.9.